The Labute approximate surface area is 102 Å². The molecule has 1 aromatic rings. The van der Waals surface area contributed by atoms with E-state index in [1.54, 1.807) is 0 Å². The van der Waals surface area contributed by atoms with E-state index in [1.165, 1.54) is 7.11 Å². The molecule has 0 aliphatic heterocycles. The van der Waals surface area contributed by atoms with Crippen LogP contribution < -0.4 is 10.1 Å². The second-order valence-corrected chi connectivity index (χ2v) is 3.65. The highest BCUT2D eigenvalue weighted by Crippen LogP contribution is 2.26. The summed E-state index contributed by atoms with van der Waals surface area (Å²) < 4.78 is 10.0. The van der Waals surface area contributed by atoms with E-state index in [2.05, 4.69) is 17.0 Å². The zero-order chi connectivity index (χ0) is 12.7. The van der Waals surface area contributed by atoms with Crippen LogP contribution in [0.1, 0.15) is 24.9 Å². The predicted octanol–water partition coefficient (Wildman–Crippen LogP) is 1.91. The normalized spacial score (nSPS) is 11.9. The molecular formula is C13H19NO3. The van der Waals surface area contributed by atoms with E-state index in [-0.39, 0.29) is 18.6 Å². The average molecular weight is 237 g/mol. The fourth-order valence-electron chi connectivity index (χ4n) is 1.67. The maximum absolute atomic E-state index is 11.0. The number of carbonyl (C=O) groups is 1. The van der Waals surface area contributed by atoms with Crippen LogP contribution in [0.25, 0.3) is 0 Å². The molecule has 94 valence electrons. The zero-order valence-corrected chi connectivity index (χ0v) is 10.5. The van der Waals surface area contributed by atoms with Gasteiger partial charge in [-0.15, -0.1) is 0 Å². The van der Waals surface area contributed by atoms with Gasteiger partial charge in [-0.2, -0.15) is 0 Å². The number of para-hydroxylation sites is 1. The first-order valence-corrected chi connectivity index (χ1v) is 5.68. The Morgan fingerprint density at radius 3 is 2.71 bits per heavy atom. The lowest BCUT2D eigenvalue weighted by molar-refractivity contribution is -0.142. The average Bonchev–Trinajstić information content (AvgIpc) is 2.38. The van der Waals surface area contributed by atoms with Crippen molar-refractivity contribution in [1.29, 1.82) is 0 Å². The summed E-state index contributed by atoms with van der Waals surface area (Å²) in [5, 5.41) is 3.21. The minimum atomic E-state index is -0.377. The lowest BCUT2D eigenvalue weighted by atomic mass is 10.0. The fourth-order valence-corrected chi connectivity index (χ4v) is 1.67. The summed E-state index contributed by atoms with van der Waals surface area (Å²) in [6.45, 7) is 2.03. The van der Waals surface area contributed by atoms with Gasteiger partial charge in [0.1, 0.15) is 5.75 Å². The van der Waals surface area contributed by atoms with Crippen LogP contribution in [-0.4, -0.2) is 26.7 Å². The summed E-state index contributed by atoms with van der Waals surface area (Å²) in [6.07, 6.45) is 0.953. The number of hydrogen-bond donors (Lipinski definition) is 1. The zero-order valence-electron chi connectivity index (χ0n) is 10.5. The maximum atomic E-state index is 11.0. The lowest BCUT2D eigenvalue weighted by Crippen LogP contribution is -2.18. The van der Waals surface area contributed by atoms with Crippen molar-refractivity contribution in [2.24, 2.45) is 0 Å². The molecule has 0 aromatic heterocycles. The van der Waals surface area contributed by atoms with E-state index in [9.17, 15) is 4.79 Å². The number of esters is 1. The smallest absolute Gasteiger partial charge is 0.343 e. The summed E-state index contributed by atoms with van der Waals surface area (Å²) in [6, 6.07) is 7.93. The van der Waals surface area contributed by atoms with Crippen LogP contribution in [0.15, 0.2) is 24.3 Å². The quantitative estimate of drug-likeness (QED) is 0.768. The predicted molar refractivity (Wildman–Crippen MR) is 66.0 cm³/mol. The molecule has 1 N–H and O–H groups in total. The monoisotopic (exact) mass is 237 g/mol. The van der Waals surface area contributed by atoms with E-state index >= 15 is 0 Å². The number of nitrogens with one attached hydrogen (secondary N) is 1. The van der Waals surface area contributed by atoms with Crippen LogP contribution in [0.2, 0.25) is 0 Å². The van der Waals surface area contributed by atoms with E-state index in [0.29, 0.717) is 0 Å². The molecule has 0 radical (unpaired) electrons. The van der Waals surface area contributed by atoms with E-state index < -0.39 is 0 Å². The van der Waals surface area contributed by atoms with Gasteiger partial charge in [-0.25, -0.2) is 4.79 Å². The number of benzene rings is 1. The highest BCUT2D eigenvalue weighted by Gasteiger charge is 2.13. The Hall–Kier alpha value is -1.55. The summed E-state index contributed by atoms with van der Waals surface area (Å²) in [4.78, 5) is 11.0. The van der Waals surface area contributed by atoms with Crippen molar-refractivity contribution in [1.82, 2.24) is 5.32 Å². The van der Waals surface area contributed by atoms with Crippen molar-refractivity contribution >= 4 is 5.97 Å². The van der Waals surface area contributed by atoms with Crippen LogP contribution in [0.4, 0.5) is 0 Å². The molecule has 0 saturated carbocycles. The molecule has 0 amide bonds. The van der Waals surface area contributed by atoms with Gasteiger partial charge in [0.05, 0.1) is 7.11 Å². The van der Waals surface area contributed by atoms with Gasteiger partial charge in [0.25, 0.3) is 0 Å². The van der Waals surface area contributed by atoms with Crippen LogP contribution in [-0.2, 0) is 9.53 Å². The number of methoxy groups -OCH3 is 1. The van der Waals surface area contributed by atoms with Crippen LogP contribution >= 0.6 is 0 Å². The molecule has 0 saturated heterocycles. The molecule has 1 unspecified atom stereocenters. The molecule has 0 aliphatic rings. The maximum Gasteiger partial charge on any atom is 0.343 e. The highest BCUT2D eigenvalue weighted by atomic mass is 16.6. The van der Waals surface area contributed by atoms with Crippen LogP contribution in [0.5, 0.6) is 5.75 Å². The Morgan fingerprint density at radius 2 is 2.12 bits per heavy atom. The van der Waals surface area contributed by atoms with Crippen molar-refractivity contribution < 1.29 is 14.3 Å². The summed E-state index contributed by atoms with van der Waals surface area (Å²) >= 11 is 0. The third kappa shape index (κ3) is 3.75. The Morgan fingerprint density at radius 1 is 1.41 bits per heavy atom. The molecule has 0 aliphatic carbocycles. The van der Waals surface area contributed by atoms with Crippen molar-refractivity contribution in [3.63, 3.8) is 0 Å². The molecule has 17 heavy (non-hydrogen) atoms. The van der Waals surface area contributed by atoms with Crippen molar-refractivity contribution in [3.8, 4) is 5.75 Å². The van der Waals surface area contributed by atoms with E-state index in [0.717, 1.165) is 17.7 Å². The standard InChI is InChI=1S/C13H19NO3/c1-4-11(14-2)10-7-5-6-8-12(10)17-9-13(15)16-3/h5-8,11,14H,4,9H2,1-3H3. The Bertz CT molecular complexity index is 361. The first kappa shape index (κ1) is 13.5. The molecule has 0 heterocycles. The first-order chi connectivity index (χ1) is 8.22. The van der Waals surface area contributed by atoms with Gasteiger partial charge in [-0.05, 0) is 19.5 Å². The van der Waals surface area contributed by atoms with Gasteiger partial charge in [0.2, 0.25) is 0 Å². The molecular weight excluding hydrogens is 218 g/mol. The second kappa shape index (κ2) is 6.91. The number of rotatable bonds is 6. The SMILES string of the molecule is CCC(NC)c1ccccc1OCC(=O)OC. The highest BCUT2D eigenvalue weighted by molar-refractivity contribution is 5.70. The molecule has 1 rings (SSSR count). The van der Waals surface area contributed by atoms with Crippen molar-refractivity contribution in [3.05, 3.63) is 29.8 Å². The minimum Gasteiger partial charge on any atom is -0.482 e. The van der Waals surface area contributed by atoms with E-state index in [4.69, 9.17) is 4.74 Å². The van der Waals surface area contributed by atoms with Gasteiger partial charge in [0.15, 0.2) is 6.61 Å². The van der Waals surface area contributed by atoms with Gasteiger partial charge in [-0.1, -0.05) is 25.1 Å². The molecule has 0 bridgehead atoms. The molecule has 0 fully saturated rings. The molecule has 1 atom stereocenters. The topological polar surface area (TPSA) is 47.6 Å². The second-order valence-electron chi connectivity index (χ2n) is 3.65. The lowest BCUT2D eigenvalue weighted by Gasteiger charge is -2.18. The number of ether oxygens (including phenoxy) is 2. The molecule has 0 spiro atoms. The van der Waals surface area contributed by atoms with Crippen molar-refractivity contribution in [2.75, 3.05) is 20.8 Å². The minimum absolute atomic E-state index is 0.0618. The van der Waals surface area contributed by atoms with Crippen LogP contribution in [0, 0.1) is 0 Å². The summed E-state index contributed by atoms with van der Waals surface area (Å²) in [5.41, 5.74) is 1.06. The Balaban J connectivity index is 2.80. The van der Waals surface area contributed by atoms with Gasteiger partial charge in [-0.3, -0.25) is 0 Å². The van der Waals surface area contributed by atoms with Gasteiger partial charge >= 0.3 is 5.97 Å². The molecule has 4 heteroatoms. The van der Waals surface area contributed by atoms with Gasteiger partial charge < -0.3 is 14.8 Å². The molecule has 4 nitrogen and oxygen atoms in total. The largest absolute Gasteiger partial charge is 0.482 e. The fraction of sp³-hybridized carbons (Fsp3) is 0.462. The summed E-state index contributed by atoms with van der Waals surface area (Å²) in [5.74, 6) is 0.344. The van der Waals surface area contributed by atoms with Crippen molar-refractivity contribution in [2.45, 2.75) is 19.4 Å². The van der Waals surface area contributed by atoms with E-state index in [1.807, 2.05) is 31.3 Å². The third-order valence-electron chi connectivity index (χ3n) is 2.62. The first-order valence-electron chi connectivity index (χ1n) is 5.68. The summed E-state index contributed by atoms with van der Waals surface area (Å²) in [7, 11) is 3.26. The van der Waals surface area contributed by atoms with Crippen LogP contribution in [0.3, 0.4) is 0 Å². The molecule has 1 aromatic carbocycles. The third-order valence-corrected chi connectivity index (χ3v) is 2.62. The number of hydrogen-bond acceptors (Lipinski definition) is 4. The van der Waals surface area contributed by atoms with Gasteiger partial charge in [0, 0.05) is 11.6 Å². The number of carbonyl (C=O) groups excluding carboxylic acids is 1. The Kier molecular flexibility index (Phi) is 5.49.